The van der Waals surface area contributed by atoms with E-state index in [4.69, 9.17) is 14.4 Å². The Morgan fingerprint density at radius 3 is 2.02 bits per heavy atom. The SMILES string of the molecule is c1ccc(-c2nc(-c3cccc(-c4ccc5c(c4)c4c6ccccc6ccc4n5-c4ccccc4)c3)nc3c2oc2ccccc23)cc1. The van der Waals surface area contributed by atoms with E-state index in [0.29, 0.717) is 11.4 Å². The van der Waals surface area contributed by atoms with Crippen LogP contribution in [-0.4, -0.2) is 14.5 Å². The molecule has 10 aromatic rings. The molecule has 0 N–H and O–H groups in total. The lowest BCUT2D eigenvalue weighted by Gasteiger charge is -2.09. The highest BCUT2D eigenvalue weighted by atomic mass is 16.3. The van der Waals surface area contributed by atoms with E-state index in [-0.39, 0.29) is 0 Å². The lowest BCUT2D eigenvalue weighted by molar-refractivity contribution is 0.667. The van der Waals surface area contributed by atoms with E-state index in [1.807, 2.05) is 36.4 Å². The Labute approximate surface area is 276 Å². The summed E-state index contributed by atoms with van der Waals surface area (Å²) >= 11 is 0. The minimum Gasteiger partial charge on any atom is -0.452 e. The Morgan fingerprint density at radius 2 is 1.15 bits per heavy atom. The number of nitrogens with zero attached hydrogens (tertiary/aromatic N) is 3. The summed E-state index contributed by atoms with van der Waals surface area (Å²) in [5.74, 6) is 0.669. The Balaban J connectivity index is 1.18. The summed E-state index contributed by atoms with van der Waals surface area (Å²) in [5, 5.41) is 5.96. The minimum atomic E-state index is 0.669. The van der Waals surface area contributed by atoms with Crippen LogP contribution in [-0.2, 0) is 0 Å². The third-order valence-corrected chi connectivity index (χ3v) is 9.39. The Kier molecular flexibility index (Phi) is 5.84. The molecule has 0 fully saturated rings. The second-order valence-electron chi connectivity index (χ2n) is 12.2. The number of furan rings is 1. The van der Waals surface area contributed by atoms with Crippen molar-refractivity contribution in [3.8, 4) is 39.5 Å². The zero-order valence-electron chi connectivity index (χ0n) is 25.8. The van der Waals surface area contributed by atoms with Gasteiger partial charge in [0.25, 0.3) is 0 Å². The number of hydrogen-bond donors (Lipinski definition) is 0. The van der Waals surface area contributed by atoms with Gasteiger partial charge in [0.05, 0.1) is 11.0 Å². The van der Waals surface area contributed by atoms with Crippen LogP contribution in [0, 0.1) is 0 Å². The summed E-state index contributed by atoms with van der Waals surface area (Å²) in [5.41, 5.74) is 10.8. The van der Waals surface area contributed by atoms with Gasteiger partial charge in [0, 0.05) is 33.0 Å². The van der Waals surface area contributed by atoms with Gasteiger partial charge in [0.2, 0.25) is 0 Å². The Bertz CT molecular complexity index is 2830. The zero-order chi connectivity index (χ0) is 31.6. The van der Waals surface area contributed by atoms with Gasteiger partial charge in [0.15, 0.2) is 11.4 Å². The molecular weight excluding hydrogens is 587 g/mol. The zero-order valence-corrected chi connectivity index (χ0v) is 25.8. The fourth-order valence-corrected chi connectivity index (χ4v) is 7.17. The third kappa shape index (κ3) is 4.10. The van der Waals surface area contributed by atoms with Gasteiger partial charge < -0.3 is 8.98 Å². The molecule has 0 saturated heterocycles. The monoisotopic (exact) mass is 613 g/mol. The maximum Gasteiger partial charge on any atom is 0.180 e. The highest BCUT2D eigenvalue weighted by Crippen LogP contribution is 2.40. The van der Waals surface area contributed by atoms with Gasteiger partial charge in [-0.15, -0.1) is 0 Å². The van der Waals surface area contributed by atoms with E-state index < -0.39 is 0 Å². The van der Waals surface area contributed by atoms with Gasteiger partial charge >= 0.3 is 0 Å². The van der Waals surface area contributed by atoms with Gasteiger partial charge in [-0.05, 0) is 70.4 Å². The van der Waals surface area contributed by atoms with Crippen molar-refractivity contribution in [1.82, 2.24) is 14.5 Å². The van der Waals surface area contributed by atoms with Crippen molar-refractivity contribution in [2.45, 2.75) is 0 Å². The van der Waals surface area contributed by atoms with E-state index in [0.717, 1.165) is 50.1 Å². The van der Waals surface area contributed by atoms with Gasteiger partial charge in [-0.1, -0.05) is 115 Å². The fraction of sp³-hybridized carbons (Fsp3) is 0. The van der Waals surface area contributed by atoms with Crippen LogP contribution in [0.15, 0.2) is 168 Å². The van der Waals surface area contributed by atoms with Crippen molar-refractivity contribution in [2.75, 3.05) is 0 Å². The first-order chi connectivity index (χ1) is 23.8. The highest BCUT2D eigenvalue weighted by Gasteiger charge is 2.19. The molecule has 4 nitrogen and oxygen atoms in total. The first kappa shape index (κ1) is 26.7. The molecule has 0 radical (unpaired) electrons. The third-order valence-electron chi connectivity index (χ3n) is 9.39. The van der Waals surface area contributed by atoms with Crippen molar-refractivity contribution in [2.24, 2.45) is 0 Å². The van der Waals surface area contributed by atoms with Crippen LogP contribution in [0.2, 0.25) is 0 Å². The molecule has 0 amide bonds. The molecule has 0 unspecified atom stereocenters. The smallest absolute Gasteiger partial charge is 0.180 e. The highest BCUT2D eigenvalue weighted by molar-refractivity contribution is 6.22. The van der Waals surface area contributed by atoms with Crippen molar-refractivity contribution in [1.29, 1.82) is 0 Å². The molecule has 7 aromatic carbocycles. The largest absolute Gasteiger partial charge is 0.452 e. The predicted octanol–water partition coefficient (Wildman–Crippen LogP) is 11.6. The second kappa shape index (κ2) is 10.5. The van der Waals surface area contributed by atoms with Crippen LogP contribution in [0.3, 0.4) is 0 Å². The van der Waals surface area contributed by atoms with Gasteiger partial charge in [0.1, 0.15) is 16.8 Å². The van der Waals surface area contributed by atoms with E-state index >= 15 is 0 Å². The first-order valence-electron chi connectivity index (χ1n) is 16.2. The molecule has 10 rings (SSSR count). The molecule has 0 aliphatic heterocycles. The Morgan fingerprint density at radius 1 is 0.458 bits per heavy atom. The van der Waals surface area contributed by atoms with Crippen LogP contribution in [0.4, 0.5) is 0 Å². The topological polar surface area (TPSA) is 43.9 Å². The van der Waals surface area contributed by atoms with Crippen molar-refractivity contribution >= 4 is 54.6 Å². The van der Waals surface area contributed by atoms with E-state index in [1.165, 1.54) is 32.6 Å². The summed E-state index contributed by atoms with van der Waals surface area (Å²) in [7, 11) is 0. The summed E-state index contributed by atoms with van der Waals surface area (Å²) in [6.45, 7) is 0. The van der Waals surface area contributed by atoms with Crippen LogP contribution < -0.4 is 0 Å². The van der Waals surface area contributed by atoms with E-state index in [1.54, 1.807) is 0 Å². The van der Waals surface area contributed by atoms with Gasteiger partial charge in [-0.2, -0.15) is 0 Å². The van der Waals surface area contributed by atoms with Crippen LogP contribution in [0.1, 0.15) is 0 Å². The number of hydrogen-bond acceptors (Lipinski definition) is 3. The molecule has 0 aliphatic carbocycles. The molecule has 0 saturated carbocycles. The molecule has 3 heterocycles. The Hall–Kier alpha value is -6.52. The summed E-state index contributed by atoms with van der Waals surface area (Å²) in [6.07, 6.45) is 0. The maximum atomic E-state index is 6.34. The van der Waals surface area contributed by atoms with E-state index in [9.17, 15) is 0 Å². The lowest BCUT2D eigenvalue weighted by Crippen LogP contribution is -1.94. The molecule has 0 atom stereocenters. The molecule has 0 spiro atoms. The quantitative estimate of drug-likeness (QED) is 0.198. The van der Waals surface area contributed by atoms with Gasteiger partial charge in [-0.25, -0.2) is 9.97 Å². The number of para-hydroxylation sites is 2. The van der Waals surface area contributed by atoms with Crippen LogP contribution >= 0.6 is 0 Å². The average molecular weight is 614 g/mol. The van der Waals surface area contributed by atoms with Crippen molar-refractivity contribution in [3.63, 3.8) is 0 Å². The normalized spacial score (nSPS) is 11.8. The molecule has 0 bridgehead atoms. The van der Waals surface area contributed by atoms with Crippen molar-refractivity contribution < 1.29 is 4.42 Å². The predicted molar refractivity (Wildman–Crippen MR) is 197 cm³/mol. The number of benzene rings is 7. The molecule has 48 heavy (non-hydrogen) atoms. The molecule has 4 heteroatoms. The molecule has 224 valence electrons. The summed E-state index contributed by atoms with van der Waals surface area (Å²) in [4.78, 5) is 10.2. The number of aromatic nitrogens is 3. The number of rotatable bonds is 4. The van der Waals surface area contributed by atoms with Crippen LogP contribution in [0.5, 0.6) is 0 Å². The minimum absolute atomic E-state index is 0.669. The van der Waals surface area contributed by atoms with Gasteiger partial charge in [-0.3, -0.25) is 0 Å². The molecular formula is C44H27N3O. The first-order valence-corrected chi connectivity index (χ1v) is 16.2. The molecule has 0 aliphatic rings. The lowest BCUT2D eigenvalue weighted by atomic mass is 9.99. The average Bonchev–Trinajstić information content (AvgIpc) is 3.71. The van der Waals surface area contributed by atoms with Crippen molar-refractivity contribution in [3.05, 3.63) is 164 Å². The summed E-state index contributed by atoms with van der Waals surface area (Å²) < 4.78 is 8.71. The van der Waals surface area contributed by atoms with E-state index in [2.05, 4.69) is 132 Å². The molecule has 3 aromatic heterocycles. The second-order valence-corrected chi connectivity index (χ2v) is 12.2. The standard InChI is InChI=1S/C44H27N3O/c1-3-13-29(14-4-1)41-43-42(35-20-9-10-21-39(35)48-43)46-44(45-41)32-16-11-15-30(26-32)31-23-24-37-36(27-31)40-34-19-8-7-12-28(34)22-25-38(40)47(37)33-17-5-2-6-18-33/h1-27H. The fourth-order valence-electron chi connectivity index (χ4n) is 7.17. The summed E-state index contributed by atoms with van der Waals surface area (Å²) in [6, 6.07) is 57.4. The van der Waals surface area contributed by atoms with Crippen LogP contribution in [0.25, 0.3) is 94.1 Å². The number of fused-ring (bicyclic) bond motifs is 8. The maximum absolute atomic E-state index is 6.34.